The van der Waals surface area contributed by atoms with Crippen LogP contribution in [0.25, 0.3) is 11.1 Å². The summed E-state index contributed by atoms with van der Waals surface area (Å²) in [7, 11) is 0. The highest BCUT2D eigenvalue weighted by Gasteiger charge is 2.19. The molecule has 0 unspecified atom stereocenters. The summed E-state index contributed by atoms with van der Waals surface area (Å²) in [5.41, 5.74) is 2.87. The van der Waals surface area contributed by atoms with Crippen molar-refractivity contribution in [2.45, 2.75) is 45.3 Å². The van der Waals surface area contributed by atoms with Crippen LogP contribution < -0.4 is 5.32 Å². The molecule has 0 aliphatic heterocycles. The molecule has 0 fully saturated rings. The van der Waals surface area contributed by atoms with Crippen molar-refractivity contribution in [1.29, 1.82) is 0 Å². The molecule has 1 N–H and O–H groups in total. The maximum Gasteiger partial charge on any atom is 0.408 e. The number of alkyl carbamates (subject to hydrolysis) is 1. The van der Waals surface area contributed by atoms with E-state index in [-0.39, 0.29) is 0 Å². The molecule has 0 radical (unpaired) electrons. The van der Waals surface area contributed by atoms with Crippen molar-refractivity contribution in [2.75, 3.05) is 0 Å². The topological polar surface area (TPSA) is 55.4 Å². The van der Waals surface area contributed by atoms with E-state index in [9.17, 15) is 9.59 Å². The molecule has 0 saturated heterocycles. The molecule has 4 heteroatoms. The summed E-state index contributed by atoms with van der Waals surface area (Å²) in [6, 6.07) is 17.9. The second kappa shape index (κ2) is 8.47. The number of rotatable bonds is 6. The van der Waals surface area contributed by atoms with Crippen LogP contribution in [0.2, 0.25) is 0 Å². The summed E-state index contributed by atoms with van der Waals surface area (Å²) in [6.45, 7) is 5.37. The first-order valence-corrected chi connectivity index (χ1v) is 8.46. The number of carbonyl (C=O) groups excluding carboxylic acids is 2. The number of ether oxygens (including phenoxy) is 1. The Kier molecular flexibility index (Phi) is 6.34. The number of aldehydes is 1. The van der Waals surface area contributed by atoms with Crippen LogP contribution in [0.3, 0.4) is 0 Å². The van der Waals surface area contributed by atoms with Crippen molar-refractivity contribution in [2.24, 2.45) is 0 Å². The maximum absolute atomic E-state index is 11.7. The molecular weight excluding hydrogens is 314 g/mol. The highest BCUT2D eigenvalue weighted by molar-refractivity contribution is 5.73. The number of benzene rings is 2. The lowest BCUT2D eigenvalue weighted by Gasteiger charge is -2.21. The highest BCUT2D eigenvalue weighted by atomic mass is 16.6. The minimum atomic E-state index is -0.579. The van der Waals surface area contributed by atoms with Crippen LogP contribution in [0, 0.1) is 0 Å². The Labute approximate surface area is 149 Å². The molecule has 0 heterocycles. The van der Waals surface area contributed by atoms with Gasteiger partial charge in [0.05, 0.1) is 6.04 Å². The van der Waals surface area contributed by atoms with E-state index in [0.717, 1.165) is 17.4 Å². The number of nitrogens with one attached hydrogen (secondary N) is 1. The van der Waals surface area contributed by atoms with Crippen molar-refractivity contribution >= 4 is 12.4 Å². The Balaban J connectivity index is 1.89. The zero-order chi connectivity index (χ0) is 18.3. The third-order valence-corrected chi connectivity index (χ3v) is 3.67. The van der Waals surface area contributed by atoms with Crippen LogP contribution in [0.4, 0.5) is 4.79 Å². The van der Waals surface area contributed by atoms with E-state index >= 15 is 0 Å². The van der Waals surface area contributed by atoms with Crippen LogP contribution >= 0.6 is 0 Å². The third kappa shape index (κ3) is 6.42. The second-order valence-corrected chi connectivity index (χ2v) is 6.99. The fourth-order valence-electron chi connectivity index (χ4n) is 2.45. The molecule has 2 aromatic carbocycles. The quantitative estimate of drug-likeness (QED) is 0.795. The molecule has 1 amide bonds. The number of aryl methyl sites for hydroxylation is 1. The molecule has 0 spiro atoms. The van der Waals surface area contributed by atoms with Gasteiger partial charge in [0.25, 0.3) is 0 Å². The van der Waals surface area contributed by atoms with Crippen molar-refractivity contribution in [3.8, 4) is 11.1 Å². The van der Waals surface area contributed by atoms with E-state index in [0.29, 0.717) is 12.8 Å². The smallest absolute Gasteiger partial charge is 0.408 e. The van der Waals surface area contributed by atoms with Crippen molar-refractivity contribution < 1.29 is 14.3 Å². The first kappa shape index (κ1) is 18.7. The van der Waals surface area contributed by atoms with Gasteiger partial charge in [-0.2, -0.15) is 0 Å². The Morgan fingerprint density at radius 2 is 1.64 bits per heavy atom. The summed E-state index contributed by atoms with van der Waals surface area (Å²) in [5, 5.41) is 2.60. The molecule has 2 rings (SSSR count). The van der Waals surface area contributed by atoms with Gasteiger partial charge < -0.3 is 14.8 Å². The van der Waals surface area contributed by atoms with Crippen molar-refractivity contribution in [3.05, 3.63) is 60.2 Å². The predicted octanol–water partition coefficient (Wildman–Crippen LogP) is 4.38. The SMILES string of the molecule is CC(C)(C)OC(=O)N[C@@H](C=O)CCc1ccc(-c2ccccc2)cc1. The largest absolute Gasteiger partial charge is 0.444 e. The van der Waals surface area contributed by atoms with Gasteiger partial charge in [0, 0.05) is 0 Å². The van der Waals surface area contributed by atoms with Crippen molar-refractivity contribution in [1.82, 2.24) is 5.32 Å². The van der Waals surface area contributed by atoms with Gasteiger partial charge in [-0.25, -0.2) is 4.79 Å². The molecule has 0 aliphatic carbocycles. The van der Waals surface area contributed by atoms with E-state index in [4.69, 9.17) is 4.74 Å². The van der Waals surface area contributed by atoms with E-state index in [1.807, 2.05) is 18.2 Å². The van der Waals surface area contributed by atoms with E-state index in [1.165, 1.54) is 5.56 Å². The van der Waals surface area contributed by atoms with Crippen LogP contribution in [0.15, 0.2) is 54.6 Å². The molecule has 2 aromatic rings. The normalized spacial score (nSPS) is 12.3. The van der Waals surface area contributed by atoms with Gasteiger partial charge in [0.15, 0.2) is 0 Å². The average molecular weight is 339 g/mol. The predicted molar refractivity (Wildman–Crippen MR) is 99.4 cm³/mol. The van der Waals surface area contributed by atoms with Gasteiger partial charge in [0.2, 0.25) is 0 Å². The number of hydrogen-bond acceptors (Lipinski definition) is 3. The molecule has 0 aliphatic rings. The lowest BCUT2D eigenvalue weighted by molar-refractivity contribution is -0.109. The molecule has 25 heavy (non-hydrogen) atoms. The fraction of sp³-hybridized carbons (Fsp3) is 0.333. The summed E-state index contributed by atoms with van der Waals surface area (Å²) >= 11 is 0. The Morgan fingerprint density at radius 1 is 1.04 bits per heavy atom. The minimum absolute atomic E-state index is 0.535. The Bertz CT molecular complexity index is 687. The fourth-order valence-corrected chi connectivity index (χ4v) is 2.45. The summed E-state index contributed by atoms with van der Waals surface area (Å²) in [6.07, 6.45) is 1.42. The third-order valence-electron chi connectivity index (χ3n) is 3.67. The molecule has 132 valence electrons. The number of amides is 1. The van der Waals surface area contributed by atoms with Gasteiger partial charge in [0.1, 0.15) is 11.9 Å². The second-order valence-electron chi connectivity index (χ2n) is 6.99. The minimum Gasteiger partial charge on any atom is -0.444 e. The van der Waals surface area contributed by atoms with Crippen LogP contribution in [-0.4, -0.2) is 24.0 Å². The molecule has 0 aromatic heterocycles. The molecule has 0 saturated carbocycles. The number of carbonyl (C=O) groups is 2. The molecular formula is C21H25NO3. The summed E-state index contributed by atoms with van der Waals surface area (Å²) < 4.78 is 5.18. The first-order chi connectivity index (χ1) is 11.9. The maximum atomic E-state index is 11.7. The van der Waals surface area contributed by atoms with Gasteiger partial charge in [-0.3, -0.25) is 0 Å². The first-order valence-electron chi connectivity index (χ1n) is 8.46. The summed E-state index contributed by atoms with van der Waals surface area (Å²) in [5.74, 6) is 0. The average Bonchev–Trinajstić information content (AvgIpc) is 2.58. The molecule has 0 bridgehead atoms. The zero-order valence-electron chi connectivity index (χ0n) is 15.0. The van der Waals surface area contributed by atoms with Gasteiger partial charge in [-0.15, -0.1) is 0 Å². The van der Waals surface area contributed by atoms with Crippen molar-refractivity contribution in [3.63, 3.8) is 0 Å². The monoisotopic (exact) mass is 339 g/mol. The van der Waals surface area contributed by atoms with Crippen LogP contribution in [-0.2, 0) is 16.0 Å². The van der Waals surface area contributed by atoms with E-state index in [1.54, 1.807) is 20.8 Å². The number of hydrogen-bond donors (Lipinski definition) is 1. The van der Waals surface area contributed by atoms with Crippen LogP contribution in [0.1, 0.15) is 32.8 Å². The Morgan fingerprint density at radius 3 is 2.20 bits per heavy atom. The van der Waals surface area contributed by atoms with Gasteiger partial charge in [-0.05, 0) is 50.3 Å². The summed E-state index contributed by atoms with van der Waals surface area (Å²) in [4.78, 5) is 22.9. The zero-order valence-corrected chi connectivity index (χ0v) is 15.0. The highest BCUT2D eigenvalue weighted by Crippen LogP contribution is 2.19. The van der Waals surface area contributed by atoms with E-state index in [2.05, 4.69) is 41.7 Å². The Hall–Kier alpha value is -2.62. The van der Waals surface area contributed by atoms with Gasteiger partial charge >= 0.3 is 6.09 Å². The van der Waals surface area contributed by atoms with Gasteiger partial charge in [-0.1, -0.05) is 54.6 Å². The lowest BCUT2D eigenvalue weighted by atomic mass is 10.0. The standard InChI is InChI=1S/C21H25NO3/c1-21(2,3)25-20(24)22-19(15-23)14-11-16-9-12-18(13-10-16)17-7-5-4-6-8-17/h4-10,12-13,15,19H,11,14H2,1-3H3,(H,22,24)/t19-/m1/s1. The molecule has 4 nitrogen and oxygen atoms in total. The van der Waals surface area contributed by atoms with E-state index < -0.39 is 17.7 Å². The lowest BCUT2D eigenvalue weighted by Crippen LogP contribution is -2.40. The van der Waals surface area contributed by atoms with Crippen LogP contribution in [0.5, 0.6) is 0 Å². The molecule has 1 atom stereocenters.